The van der Waals surface area contributed by atoms with Gasteiger partial charge in [0.2, 0.25) is 0 Å². The fraction of sp³-hybridized carbons (Fsp3) is 0.357. The number of imidazole rings is 1. The van der Waals surface area contributed by atoms with E-state index in [1.807, 2.05) is 36.0 Å². The van der Waals surface area contributed by atoms with E-state index in [2.05, 4.69) is 17.2 Å². The molecule has 1 atom stereocenters. The molecule has 1 unspecified atom stereocenters. The van der Waals surface area contributed by atoms with Gasteiger partial charge >= 0.3 is 0 Å². The predicted octanol–water partition coefficient (Wildman–Crippen LogP) is 2.90. The number of aromatic nitrogens is 2. The zero-order valence-electron chi connectivity index (χ0n) is 11.1. The Hall–Kier alpha value is -1.52. The van der Waals surface area contributed by atoms with E-state index in [1.54, 1.807) is 12.5 Å². The number of nitrogens with one attached hydrogen (secondary N) is 1. The molecule has 0 aliphatic rings. The zero-order valence-corrected chi connectivity index (χ0v) is 11.9. The van der Waals surface area contributed by atoms with Crippen LogP contribution in [0.1, 0.15) is 18.5 Å². The zero-order chi connectivity index (χ0) is 13.7. The van der Waals surface area contributed by atoms with Crippen LogP contribution in [-0.2, 0) is 6.54 Å². The first-order valence-corrected chi connectivity index (χ1v) is 6.63. The van der Waals surface area contributed by atoms with Crippen molar-refractivity contribution in [3.63, 3.8) is 0 Å². The van der Waals surface area contributed by atoms with E-state index in [1.165, 1.54) is 0 Å². The molecule has 0 amide bonds. The van der Waals surface area contributed by atoms with Crippen LogP contribution in [0.15, 0.2) is 36.9 Å². The van der Waals surface area contributed by atoms with Crippen LogP contribution in [0.3, 0.4) is 0 Å². The van der Waals surface area contributed by atoms with Crippen molar-refractivity contribution in [2.45, 2.75) is 19.5 Å². The molecule has 0 fully saturated rings. The van der Waals surface area contributed by atoms with Gasteiger partial charge in [0.1, 0.15) is 12.4 Å². The molecule has 1 aromatic carbocycles. The van der Waals surface area contributed by atoms with E-state index in [0.717, 1.165) is 12.1 Å². The van der Waals surface area contributed by atoms with Gasteiger partial charge in [-0.15, -0.1) is 0 Å². The number of rotatable bonds is 6. The normalized spacial score (nSPS) is 12.4. The highest BCUT2D eigenvalue weighted by atomic mass is 35.5. The Kier molecular flexibility index (Phi) is 4.82. The molecule has 1 aromatic heterocycles. The Labute approximate surface area is 118 Å². The van der Waals surface area contributed by atoms with Gasteiger partial charge in [-0.1, -0.05) is 17.7 Å². The predicted molar refractivity (Wildman–Crippen MR) is 76.6 cm³/mol. The molecule has 19 heavy (non-hydrogen) atoms. The highest BCUT2D eigenvalue weighted by Crippen LogP contribution is 2.27. The summed E-state index contributed by atoms with van der Waals surface area (Å²) in [6, 6.07) is 6.16. The number of benzene rings is 1. The molecule has 5 heteroatoms. The summed E-state index contributed by atoms with van der Waals surface area (Å²) in [6.07, 6.45) is 5.42. The largest absolute Gasteiger partial charge is 0.490 e. The lowest BCUT2D eigenvalue weighted by atomic mass is 10.1. The summed E-state index contributed by atoms with van der Waals surface area (Å²) in [4.78, 5) is 3.98. The lowest BCUT2D eigenvalue weighted by Gasteiger charge is -2.13. The van der Waals surface area contributed by atoms with Gasteiger partial charge in [0.05, 0.1) is 17.9 Å². The first kappa shape index (κ1) is 13.9. The Morgan fingerprint density at radius 1 is 1.47 bits per heavy atom. The summed E-state index contributed by atoms with van der Waals surface area (Å²) >= 11 is 6.22. The highest BCUT2D eigenvalue weighted by Gasteiger charge is 2.07. The molecule has 102 valence electrons. The van der Waals surface area contributed by atoms with Crippen molar-refractivity contribution >= 4 is 11.6 Å². The lowest BCUT2D eigenvalue weighted by Crippen LogP contribution is -2.12. The quantitative estimate of drug-likeness (QED) is 0.884. The van der Waals surface area contributed by atoms with Gasteiger partial charge in [0.15, 0.2) is 0 Å². The summed E-state index contributed by atoms with van der Waals surface area (Å²) in [5.74, 6) is 0.717. The third-order valence-electron chi connectivity index (χ3n) is 3.06. The fourth-order valence-corrected chi connectivity index (χ4v) is 1.99. The Morgan fingerprint density at radius 3 is 2.95 bits per heavy atom. The minimum Gasteiger partial charge on any atom is -0.490 e. The third-order valence-corrected chi connectivity index (χ3v) is 3.35. The summed E-state index contributed by atoms with van der Waals surface area (Å²) in [5.41, 5.74) is 1.15. The van der Waals surface area contributed by atoms with E-state index < -0.39 is 0 Å². The second-order valence-electron chi connectivity index (χ2n) is 4.35. The maximum atomic E-state index is 6.22. The summed E-state index contributed by atoms with van der Waals surface area (Å²) in [6.45, 7) is 3.41. The Morgan fingerprint density at radius 2 is 2.32 bits per heavy atom. The second-order valence-corrected chi connectivity index (χ2v) is 4.76. The van der Waals surface area contributed by atoms with Crippen LogP contribution in [0, 0.1) is 0 Å². The smallest absolute Gasteiger partial charge is 0.137 e. The number of ether oxygens (including phenoxy) is 1. The lowest BCUT2D eigenvalue weighted by molar-refractivity contribution is 0.298. The Balaban J connectivity index is 1.93. The molecule has 0 spiro atoms. The van der Waals surface area contributed by atoms with Crippen molar-refractivity contribution < 1.29 is 4.74 Å². The van der Waals surface area contributed by atoms with Gasteiger partial charge in [0, 0.05) is 18.4 Å². The van der Waals surface area contributed by atoms with Crippen molar-refractivity contribution in [1.82, 2.24) is 14.9 Å². The van der Waals surface area contributed by atoms with Gasteiger partial charge < -0.3 is 14.6 Å². The first-order valence-electron chi connectivity index (χ1n) is 6.26. The van der Waals surface area contributed by atoms with Gasteiger partial charge in [-0.25, -0.2) is 4.98 Å². The molecule has 4 nitrogen and oxygen atoms in total. The summed E-state index contributed by atoms with van der Waals surface area (Å²) in [7, 11) is 1.92. The van der Waals surface area contributed by atoms with Crippen molar-refractivity contribution in [1.29, 1.82) is 0 Å². The SMILES string of the molecule is CNC(C)c1ccc(OCCn2ccnc2)c(Cl)c1. The van der Waals surface area contributed by atoms with Gasteiger partial charge in [0.25, 0.3) is 0 Å². The topological polar surface area (TPSA) is 39.1 Å². The van der Waals surface area contributed by atoms with Crippen LogP contribution in [0.2, 0.25) is 5.02 Å². The maximum Gasteiger partial charge on any atom is 0.137 e. The second kappa shape index (κ2) is 6.59. The first-order chi connectivity index (χ1) is 9.20. The van der Waals surface area contributed by atoms with Gasteiger partial charge in [-0.2, -0.15) is 0 Å². The van der Waals surface area contributed by atoms with E-state index in [0.29, 0.717) is 17.4 Å². The third kappa shape index (κ3) is 3.72. The molecule has 1 heterocycles. The molecule has 2 aromatic rings. The van der Waals surface area contributed by atoms with Crippen molar-refractivity contribution in [3.05, 3.63) is 47.5 Å². The molecular weight excluding hydrogens is 262 g/mol. The maximum absolute atomic E-state index is 6.22. The number of halogens is 1. The van der Waals surface area contributed by atoms with Gasteiger partial charge in [-0.05, 0) is 31.7 Å². The molecule has 0 aliphatic heterocycles. The summed E-state index contributed by atoms with van der Waals surface area (Å²) < 4.78 is 7.64. The monoisotopic (exact) mass is 279 g/mol. The molecule has 0 saturated carbocycles. The van der Waals surface area contributed by atoms with E-state index in [-0.39, 0.29) is 6.04 Å². The van der Waals surface area contributed by atoms with Crippen molar-refractivity contribution in [2.75, 3.05) is 13.7 Å². The van der Waals surface area contributed by atoms with E-state index >= 15 is 0 Å². The van der Waals surface area contributed by atoms with E-state index in [9.17, 15) is 0 Å². The van der Waals surface area contributed by atoms with Crippen LogP contribution >= 0.6 is 11.6 Å². The average Bonchev–Trinajstić information content (AvgIpc) is 2.93. The van der Waals surface area contributed by atoms with Crippen LogP contribution in [0.25, 0.3) is 0 Å². The van der Waals surface area contributed by atoms with E-state index in [4.69, 9.17) is 16.3 Å². The molecule has 0 radical (unpaired) electrons. The molecular formula is C14H18ClN3O. The van der Waals surface area contributed by atoms with Crippen LogP contribution in [-0.4, -0.2) is 23.2 Å². The number of nitrogens with zero attached hydrogens (tertiary/aromatic N) is 2. The fourth-order valence-electron chi connectivity index (χ4n) is 1.75. The Bertz CT molecular complexity index is 513. The average molecular weight is 280 g/mol. The van der Waals surface area contributed by atoms with Crippen molar-refractivity contribution in [2.24, 2.45) is 0 Å². The van der Waals surface area contributed by atoms with Crippen LogP contribution < -0.4 is 10.1 Å². The number of hydrogen-bond donors (Lipinski definition) is 1. The van der Waals surface area contributed by atoms with Crippen LogP contribution in [0.4, 0.5) is 0 Å². The minimum atomic E-state index is 0.275. The molecule has 2 rings (SSSR count). The summed E-state index contributed by atoms with van der Waals surface area (Å²) in [5, 5.41) is 3.82. The molecule has 0 saturated heterocycles. The minimum absolute atomic E-state index is 0.275. The van der Waals surface area contributed by atoms with Crippen molar-refractivity contribution in [3.8, 4) is 5.75 Å². The molecule has 0 aliphatic carbocycles. The standard InChI is InChI=1S/C14H18ClN3O/c1-11(16-2)12-3-4-14(13(15)9-12)19-8-7-18-6-5-17-10-18/h3-6,9-11,16H,7-8H2,1-2H3. The number of hydrogen-bond acceptors (Lipinski definition) is 3. The van der Waals surface area contributed by atoms with Gasteiger partial charge in [-0.3, -0.25) is 0 Å². The highest BCUT2D eigenvalue weighted by molar-refractivity contribution is 6.32. The molecule has 0 bridgehead atoms. The molecule has 1 N–H and O–H groups in total. The van der Waals surface area contributed by atoms with Crippen LogP contribution in [0.5, 0.6) is 5.75 Å².